The van der Waals surface area contributed by atoms with Crippen molar-refractivity contribution in [2.75, 3.05) is 27.3 Å². The van der Waals surface area contributed by atoms with Crippen molar-refractivity contribution in [3.8, 4) is 11.8 Å². The Kier molecular flexibility index (Phi) is 8.75. The van der Waals surface area contributed by atoms with Crippen molar-refractivity contribution in [2.24, 2.45) is 23.7 Å². The van der Waals surface area contributed by atoms with Crippen LogP contribution in [0, 0.1) is 35.5 Å². The van der Waals surface area contributed by atoms with Crippen LogP contribution in [0.3, 0.4) is 0 Å². The summed E-state index contributed by atoms with van der Waals surface area (Å²) in [6.45, 7) is 4.35. The van der Waals surface area contributed by atoms with Gasteiger partial charge in [-0.05, 0) is 43.9 Å². The van der Waals surface area contributed by atoms with Crippen LogP contribution in [0.4, 0.5) is 0 Å². The molecule has 0 heterocycles. The van der Waals surface area contributed by atoms with E-state index in [0.717, 1.165) is 19.3 Å². The van der Waals surface area contributed by atoms with Crippen LogP contribution in [0.5, 0.6) is 0 Å². The molecule has 2 rings (SSSR count). The third-order valence-corrected chi connectivity index (χ3v) is 6.04. The molecular weight excluding hydrogens is 354 g/mol. The molecule has 0 radical (unpaired) electrons. The highest BCUT2D eigenvalue weighted by atomic mass is 16.5. The molecule has 2 aliphatic carbocycles. The first-order chi connectivity index (χ1) is 13.3. The van der Waals surface area contributed by atoms with Gasteiger partial charge in [-0.25, -0.2) is 0 Å². The smallest absolute Gasteiger partial charge is 0.248 e. The minimum Gasteiger partial charge on any atom is -0.392 e. The van der Waals surface area contributed by atoms with Crippen LogP contribution in [0.1, 0.15) is 39.5 Å². The van der Waals surface area contributed by atoms with E-state index in [2.05, 4.69) is 17.9 Å². The van der Waals surface area contributed by atoms with E-state index in [0.29, 0.717) is 24.9 Å². The molecule has 5 nitrogen and oxygen atoms in total. The molecule has 28 heavy (non-hydrogen) atoms. The largest absolute Gasteiger partial charge is 0.392 e. The zero-order valence-corrected chi connectivity index (χ0v) is 17.6. The van der Waals surface area contributed by atoms with Gasteiger partial charge in [-0.3, -0.25) is 4.79 Å². The van der Waals surface area contributed by atoms with Gasteiger partial charge in [0.2, 0.25) is 5.91 Å². The summed E-state index contributed by atoms with van der Waals surface area (Å²) in [5.74, 6) is 6.91. The van der Waals surface area contributed by atoms with Crippen LogP contribution in [0.2, 0.25) is 0 Å². The number of fused-ring (bicyclic) bond motifs is 1. The van der Waals surface area contributed by atoms with Crippen molar-refractivity contribution in [2.45, 2.75) is 51.7 Å². The van der Waals surface area contributed by atoms with Gasteiger partial charge in [-0.2, -0.15) is 0 Å². The van der Waals surface area contributed by atoms with Gasteiger partial charge in [0.15, 0.2) is 0 Å². The topological polar surface area (TPSA) is 70.0 Å². The lowest BCUT2D eigenvalue weighted by Crippen LogP contribution is -2.26. The van der Waals surface area contributed by atoms with Gasteiger partial charge in [0.05, 0.1) is 18.8 Å². The average molecular weight is 390 g/mol. The van der Waals surface area contributed by atoms with E-state index in [9.17, 15) is 15.0 Å². The standard InChI is InChI=1S/C23H35NO4/c1-5-6-7-16(2)21(25)9-8-19-20-13-17(12-18(20)14-22(19)26)10-11-28-15-23(27)24(3)4/h8-10,16,18-22,25-26H,7,11-15H2,1-4H3/b9-8+,17-10+/t16-,18+,19-,20+,21-,22-/m1/s1. The predicted molar refractivity (Wildman–Crippen MR) is 110 cm³/mol. The van der Waals surface area contributed by atoms with Gasteiger partial charge < -0.3 is 19.8 Å². The maximum atomic E-state index is 11.5. The summed E-state index contributed by atoms with van der Waals surface area (Å²) >= 11 is 0. The highest BCUT2D eigenvalue weighted by Crippen LogP contribution is 2.50. The van der Waals surface area contributed by atoms with Crippen molar-refractivity contribution in [3.63, 3.8) is 0 Å². The Morgan fingerprint density at radius 1 is 1.39 bits per heavy atom. The fourth-order valence-electron chi connectivity index (χ4n) is 4.21. The molecule has 5 heteroatoms. The quantitative estimate of drug-likeness (QED) is 0.380. The summed E-state index contributed by atoms with van der Waals surface area (Å²) in [6.07, 6.45) is 8.51. The summed E-state index contributed by atoms with van der Waals surface area (Å²) in [4.78, 5) is 13.1. The molecule has 2 fully saturated rings. The average Bonchev–Trinajstić information content (AvgIpc) is 3.17. The van der Waals surface area contributed by atoms with Crippen molar-refractivity contribution < 1.29 is 19.7 Å². The van der Waals surface area contributed by atoms with Crippen LogP contribution in [0.15, 0.2) is 23.8 Å². The Balaban J connectivity index is 1.86. The van der Waals surface area contributed by atoms with Crippen LogP contribution in [0.25, 0.3) is 0 Å². The molecule has 2 N–H and O–H groups in total. The molecule has 0 spiro atoms. The Morgan fingerprint density at radius 3 is 2.82 bits per heavy atom. The minimum atomic E-state index is -0.536. The Hall–Kier alpha value is -1.61. The Morgan fingerprint density at radius 2 is 2.14 bits per heavy atom. The van der Waals surface area contributed by atoms with Crippen LogP contribution >= 0.6 is 0 Å². The highest BCUT2D eigenvalue weighted by Gasteiger charge is 2.45. The van der Waals surface area contributed by atoms with Gasteiger partial charge in [0, 0.05) is 26.4 Å². The second-order valence-corrected chi connectivity index (χ2v) is 8.36. The van der Waals surface area contributed by atoms with E-state index in [1.165, 1.54) is 10.5 Å². The zero-order chi connectivity index (χ0) is 20.7. The number of amides is 1. The lowest BCUT2D eigenvalue weighted by molar-refractivity contribution is -0.133. The summed E-state index contributed by atoms with van der Waals surface area (Å²) in [5.41, 5.74) is 1.35. The van der Waals surface area contributed by atoms with E-state index >= 15 is 0 Å². The van der Waals surface area contributed by atoms with E-state index < -0.39 is 6.10 Å². The summed E-state index contributed by atoms with van der Waals surface area (Å²) in [5, 5.41) is 20.8. The molecule has 1 amide bonds. The first kappa shape index (κ1) is 22.7. The molecule has 0 aromatic carbocycles. The maximum absolute atomic E-state index is 11.5. The van der Waals surface area contributed by atoms with E-state index in [1.807, 2.05) is 19.1 Å². The lowest BCUT2D eigenvalue weighted by Gasteiger charge is -2.19. The summed E-state index contributed by atoms with van der Waals surface area (Å²) < 4.78 is 5.45. The highest BCUT2D eigenvalue weighted by molar-refractivity contribution is 5.76. The maximum Gasteiger partial charge on any atom is 0.248 e. The van der Waals surface area contributed by atoms with Crippen molar-refractivity contribution in [3.05, 3.63) is 23.8 Å². The van der Waals surface area contributed by atoms with Crippen LogP contribution < -0.4 is 0 Å². The van der Waals surface area contributed by atoms with E-state index in [4.69, 9.17) is 4.74 Å². The van der Waals surface area contributed by atoms with Crippen LogP contribution in [-0.4, -0.2) is 60.5 Å². The van der Waals surface area contributed by atoms with Crippen LogP contribution in [-0.2, 0) is 9.53 Å². The van der Waals surface area contributed by atoms with Gasteiger partial charge in [0.1, 0.15) is 6.61 Å². The molecule has 2 saturated carbocycles. The van der Waals surface area contributed by atoms with E-state index in [1.54, 1.807) is 21.0 Å². The number of allylic oxidation sites excluding steroid dienone is 1. The molecule has 2 aliphatic rings. The lowest BCUT2D eigenvalue weighted by atomic mass is 9.89. The first-order valence-electron chi connectivity index (χ1n) is 10.2. The van der Waals surface area contributed by atoms with E-state index in [-0.39, 0.29) is 30.5 Å². The summed E-state index contributed by atoms with van der Waals surface area (Å²) in [7, 11) is 3.44. The molecule has 0 bridgehead atoms. The third-order valence-electron chi connectivity index (χ3n) is 6.04. The number of hydrogen-bond acceptors (Lipinski definition) is 4. The number of aliphatic hydroxyl groups is 2. The second kappa shape index (κ2) is 10.8. The Bertz CT molecular complexity index is 643. The molecule has 0 aliphatic heterocycles. The second-order valence-electron chi connectivity index (χ2n) is 8.36. The number of likely N-dealkylation sites (N-methyl/N-ethyl adjacent to an activating group) is 1. The number of nitrogens with zero attached hydrogens (tertiary/aromatic N) is 1. The fraction of sp³-hybridized carbons (Fsp3) is 0.696. The van der Waals surface area contributed by atoms with Crippen molar-refractivity contribution in [1.29, 1.82) is 0 Å². The fourth-order valence-corrected chi connectivity index (χ4v) is 4.21. The first-order valence-corrected chi connectivity index (χ1v) is 10.2. The van der Waals surface area contributed by atoms with Gasteiger partial charge in [-0.1, -0.05) is 30.7 Å². The normalized spacial score (nSPS) is 30.1. The number of carbonyl (C=O) groups excluding carboxylic acids is 1. The third kappa shape index (κ3) is 6.20. The molecule has 0 unspecified atom stereocenters. The molecule has 0 aromatic rings. The van der Waals surface area contributed by atoms with Crippen molar-refractivity contribution in [1.82, 2.24) is 4.90 Å². The number of ether oxygens (including phenoxy) is 1. The monoisotopic (exact) mass is 389 g/mol. The van der Waals surface area contributed by atoms with Crippen molar-refractivity contribution >= 4 is 5.91 Å². The number of hydrogen-bond donors (Lipinski definition) is 2. The zero-order valence-electron chi connectivity index (χ0n) is 17.6. The SMILES string of the molecule is CC#CC[C@@H](C)[C@H](O)/C=C/[C@@H]1[C@H]2C/C(=C/COCC(=O)N(C)C)C[C@H]2C[C@H]1O. The van der Waals surface area contributed by atoms with Gasteiger partial charge >= 0.3 is 0 Å². The van der Waals surface area contributed by atoms with Gasteiger partial charge in [-0.15, -0.1) is 11.8 Å². The molecule has 156 valence electrons. The molecule has 6 atom stereocenters. The molecule has 0 aromatic heterocycles. The van der Waals surface area contributed by atoms with Gasteiger partial charge in [0.25, 0.3) is 0 Å². The molecule has 0 saturated heterocycles. The predicted octanol–water partition coefficient (Wildman–Crippen LogP) is 2.39. The Labute approximate surface area is 169 Å². The summed E-state index contributed by atoms with van der Waals surface area (Å²) in [6, 6.07) is 0. The number of rotatable bonds is 8. The number of aliphatic hydroxyl groups excluding tert-OH is 2. The molecular formula is C23H35NO4. The number of carbonyl (C=O) groups is 1. The minimum absolute atomic E-state index is 0.0345.